The molecule has 0 spiro atoms. The molecule has 1 aromatic rings. The molecule has 0 aromatic carbocycles. The van der Waals surface area contributed by atoms with E-state index >= 15 is 0 Å². The summed E-state index contributed by atoms with van der Waals surface area (Å²) in [4.78, 5) is 14.6. The summed E-state index contributed by atoms with van der Waals surface area (Å²) < 4.78 is 66.2. The van der Waals surface area contributed by atoms with Crippen molar-refractivity contribution in [2.75, 3.05) is 0 Å². The van der Waals surface area contributed by atoms with Gasteiger partial charge in [0.25, 0.3) is 6.43 Å². The highest BCUT2D eigenvalue weighted by Crippen LogP contribution is 2.35. The molecule has 9 heteroatoms. The van der Waals surface area contributed by atoms with Gasteiger partial charge in [-0.05, 0) is 6.42 Å². The van der Waals surface area contributed by atoms with E-state index < -0.39 is 48.5 Å². The van der Waals surface area contributed by atoms with E-state index in [1.807, 2.05) is 0 Å². The van der Waals surface area contributed by atoms with Gasteiger partial charge in [-0.15, -0.1) is 0 Å². The van der Waals surface area contributed by atoms with Gasteiger partial charge in [0, 0.05) is 0 Å². The molecule has 2 unspecified atom stereocenters. The van der Waals surface area contributed by atoms with Crippen molar-refractivity contribution in [3.05, 3.63) is 17.8 Å². The Morgan fingerprint density at radius 3 is 2.56 bits per heavy atom. The second-order valence-electron chi connectivity index (χ2n) is 3.80. The Bertz CT molecular complexity index is 456. The van der Waals surface area contributed by atoms with E-state index in [1.165, 1.54) is 0 Å². The summed E-state index contributed by atoms with van der Waals surface area (Å²) in [6.07, 6.45) is -7.45. The number of halogens is 5. The number of aromatic nitrogens is 1. The SMILES string of the molecule is O=C1NC(C(F)(F)F)CC1c1nc(C(F)F)co1. The van der Waals surface area contributed by atoms with Gasteiger partial charge in [-0.25, -0.2) is 13.8 Å². The van der Waals surface area contributed by atoms with Gasteiger partial charge < -0.3 is 9.73 Å². The molecule has 100 valence electrons. The van der Waals surface area contributed by atoms with Crippen molar-refractivity contribution < 1.29 is 31.2 Å². The van der Waals surface area contributed by atoms with E-state index in [1.54, 1.807) is 5.32 Å². The smallest absolute Gasteiger partial charge is 0.408 e. The summed E-state index contributed by atoms with van der Waals surface area (Å²) in [7, 11) is 0. The quantitative estimate of drug-likeness (QED) is 0.838. The number of hydrogen-bond acceptors (Lipinski definition) is 3. The summed E-state index contributed by atoms with van der Waals surface area (Å²) in [6, 6.07) is -2.00. The number of carbonyl (C=O) groups is 1. The molecule has 1 aromatic heterocycles. The summed E-state index contributed by atoms with van der Waals surface area (Å²) >= 11 is 0. The molecular weight excluding hydrogens is 263 g/mol. The lowest BCUT2D eigenvalue weighted by Gasteiger charge is -2.13. The van der Waals surface area contributed by atoms with Crippen LogP contribution in [0.25, 0.3) is 0 Å². The van der Waals surface area contributed by atoms with Crippen LogP contribution in [-0.4, -0.2) is 23.1 Å². The molecule has 0 bridgehead atoms. The first-order valence-corrected chi connectivity index (χ1v) is 4.89. The zero-order valence-corrected chi connectivity index (χ0v) is 8.67. The van der Waals surface area contributed by atoms with E-state index in [-0.39, 0.29) is 0 Å². The van der Waals surface area contributed by atoms with Crippen molar-refractivity contribution in [2.24, 2.45) is 0 Å². The standard InChI is InChI=1S/C9H7F5N2O2/c10-6(11)4-2-18-8(15-4)3-1-5(9(12,13)14)16-7(3)17/h2-3,5-6H,1H2,(H,16,17). The number of carbonyl (C=O) groups excluding carboxylic acids is 1. The Hall–Kier alpha value is -1.67. The predicted octanol–water partition coefficient (Wildman–Crippen LogP) is 2.15. The molecule has 0 saturated carbocycles. The van der Waals surface area contributed by atoms with Crippen molar-refractivity contribution in [1.82, 2.24) is 10.3 Å². The van der Waals surface area contributed by atoms with Crippen molar-refractivity contribution in [1.29, 1.82) is 0 Å². The number of hydrogen-bond donors (Lipinski definition) is 1. The number of nitrogens with zero attached hydrogens (tertiary/aromatic N) is 1. The fourth-order valence-corrected chi connectivity index (χ4v) is 1.66. The lowest BCUT2D eigenvalue weighted by atomic mass is 10.1. The first kappa shape index (κ1) is 12.8. The first-order chi connectivity index (χ1) is 8.29. The van der Waals surface area contributed by atoms with Crippen LogP contribution in [0.15, 0.2) is 10.7 Å². The molecule has 1 saturated heterocycles. The number of oxazole rings is 1. The molecule has 0 radical (unpaired) electrons. The average molecular weight is 270 g/mol. The molecule has 1 amide bonds. The molecule has 0 aliphatic carbocycles. The van der Waals surface area contributed by atoms with Crippen LogP contribution >= 0.6 is 0 Å². The van der Waals surface area contributed by atoms with Crippen molar-refractivity contribution in [2.45, 2.75) is 31.0 Å². The van der Waals surface area contributed by atoms with Crippen LogP contribution in [0.2, 0.25) is 0 Å². The average Bonchev–Trinajstić information content (AvgIpc) is 2.81. The van der Waals surface area contributed by atoms with E-state index in [0.29, 0.717) is 6.26 Å². The molecule has 2 atom stereocenters. The fraction of sp³-hybridized carbons (Fsp3) is 0.556. The lowest BCUT2D eigenvalue weighted by Crippen LogP contribution is -2.38. The lowest BCUT2D eigenvalue weighted by molar-refractivity contribution is -0.154. The third-order valence-corrected chi connectivity index (χ3v) is 2.56. The molecule has 1 fully saturated rings. The molecule has 4 nitrogen and oxygen atoms in total. The highest BCUT2D eigenvalue weighted by atomic mass is 19.4. The minimum Gasteiger partial charge on any atom is -0.448 e. The maximum atomic E-state index is 12.4. The van der Waals surface area contributed by atoms with Crippen molar-refractivity contribution in [3.8, 4) is 0 Å². The van der Waals surface area contributed by atoms with Crippen LogP contribution < -0.4 is 5.32 Å². The number of nitrogens with one attached hydrogen (secondary N) is 1. The Kier molecular flexibility index (Phi) is 2.99. The number of amides is 1. The van der Waals surface area contributed by atoms with Gasteiger partial charge in [0.05, 0.1) is 0 Å². The molecular formula is C9H7F5N2O2. The fourth-order valence-electron chi connectivity index (χ4n) is 1.66. The highest BCUT2D eigenvalue weighted by Gasteiger charge is 2.49. The third kappa shape index (κ3) is 2.29. The second kappa shape index (κ2) is 4.21. The normalized spacial score (nSPS) is 24.7. The Morgan fingerprint density at radius 1 is 1.44 bits per heavy atom. The van der Waals surface area contributed by atoms with Crippen LogP contribution in [0.1, 0.15) is 30.3 Å². The predicted molar refractivity (Wildman–Crippen MR) is 46.8 cm³/mol. The molecule has 2 heterocycles. The van der Waals surface area contributed by atoms with Crippen LogP contribution in [-0.2, 0) is 4.79 Å². The molecule has 1 aliphatic heterocycles. The maximum Gasteiger partial charge on any atom is 0.408 e. The molecule has 2 rings (SSSR count). The van der Waals surface area contributed by atoms with E-state index in [2.05, 4.69) is 9.40 Å². The Balaban J connectivity index is 2.16. The van der Waals surface area contributed by atoms with Crippen molar-refractivity contribution >= 4 is 5.91 Å². The summed E-state index contributed by atoms with van der Waals surface area (Å²) in [5, 5.41) is 1.73. The minimum absolute atomic E-state index is 0.422. The van der Waals surface area contributed by atoms with Gasteiger partial charge >= 0.3 is 6.18 Å². The third-order valence-electron chi connectivity index (χ3n) is 2.56. The second-order valence-corrected chi connectivity index (χ2v) is 3.80. The van der Waals surface area contributed by atoms with Gasteiger partial charge in [0.2, 0.25) is 11.8 Å². The Labute approximate surface area is 97.2 Å². The minimum atomic E-state index is -4.58. The molecule has 18 heavy (non-hydrogen) atoms. The maximum absolute atomic E-state index is 12.4. The number of alkyl halides is 5. The van der Waals surface area contributed by atoms with Crippen LogP contribution in [0.5, 0.6) is 0 Å². The summed E-state index contributed by atoms with van der Waals surface area (Å²) in [5.41, 5.74) is -0.701. The first-order valence-electron chi connectivity index (χ1n) is 4.89. The molecule has 1 N–H and O–H groups in total. The van der Waals surface area contributed by atoms with E-state index in [0.717, 1.165) is 0 Å². The monoisotopic (exact) mass is 270 g/mol. The van der Waals surface area contributed by atoms with E-state index in [9.17, 15) is 26.7 Å². The van der Waals surface area contributed by atoms with Gasteiger partial charge in [0.15, 0.2) is 0 Å². The van der Waals surface area contributed by atoms with Crippen LogP contribution in [0.3, 0.4) is 0 Å². The van der Waals surface area contributed by atoms with Gasteiger partial charge in [-0.2, -0.15) is 13.2 Å². The topological polar surface area (TPSA) is 55.1 Å². The zero-order chi connectivity index (χ0) is 13.5. The van der Waals surface area contributed by atoms with Gasteiger partial charge in [-0.3, -0.25) is 4.79 Å². The van der Waals surface area contributed by atoms with Crippen LogP contribution in [0.4, 0.5) is 22.0 Å². The summed E-state index contributed by atoms with van der Waals surface area (Å²) in [5.74, 6) is -2.64. The van der Waals surface area contributed by atoms with E-state index in [4.69, 9.17) is 0 Å². The van der Waals surface area contributed by atoms with Crippen molar-refractivity contribution in [3.63, 3.8) is 0 Å². The zero-order valence-electron chi connectivity index (χ0n) is 8.67. The Morgan fingerprint density at radius 2 is 2.11 bits per heavy atom. The highest BCUT2D eigenvalue weighted by molar-refractivity contribution is 5.85. The van der Waals surface area contributed by atoms with Crippen LogP contribution in [0, 0.1) is 0 Å². The van der Waals surface area contributed by atoms with Gasteiger partial charge in [0.1, 0.15) is 23.9 Å². The largest absolute Gasteiger partial charge is 0.448 e. The molecule has 1 aliphatic rings. The summed E-state index contributed by atoms with van der Waals surface area (Å²) in [6.45, 7) is 0. The van der Waals surface area contributed by atoms with Gasteiger partial charge in [-0.1, -0.05) is 0 Å². The number of rotatable bonds is 2.